The van der Waals surface area contributed by atoms with Gasteiger partial charge in [0.15, 0.2) is 18.2 Å². The molecule has 2 N–H and O–H groups in total. The molecule has 11 nitrogen and oxygen atoms in total. The molecule has 4 aliphatic heterocycles. The number of hydrogen-bond acceptors (Lipinski definition) is 9. The molecule has 18 atom stereocenters. The molecule has 5 aliphatic carbocycles. The van der Waals surface area contributed by atoms with E-state index in [2.05, 4.69) is 34.6 Å². The second kappa shape index (κ2) is 12.8. The fourth-order valence-corrected chi connectivity index (χ4v) is 14.8. The van der Waals surface area contributed by atoms with E-state index in [1.807, 2.05) is 6.92 Å². The van der Waals surface area contributed by atoms with Crippen LogP contribution in [-0.4, -0.2) is 60.2 Å². The van der Waals surface area contributed by atoms with Crippen LogP contribution in [0.1, 0.15) is 131 Å². The fourth-order valence-electron chi connectivity index (χ4n) is 14.3. The van der Waals surface area contributed by atoms with Gasteiger partial charge < -0.3 is 19.3 Å². The highest BCUT2D eigenvalue weighted by Gasteiger charge is 2.70. The monoisotopic (exact) mass is 738 g/mol. The third-order valence-corrected chi connectivity index (χ3v) is 17.3. The van der Waals surface area contributed by atoms with Crippen molar-refractivity contribution in [2.24, 2.45) is 70.0 Å². The molecule has 290 valence electrons. The number of rotatable bonds is 8. The minimum atomic E-state index is -4.66. The smallest absolute Gasteiger partial charge is 0.397 e. The molecule has 5 saturated carbocycles. The van der Waals surface area contributed by atoms with Crippen molar-refractivity contribution in [3.8, 4) is 0 Å². The SMILES string of the molecule is C[C@H]1C(O[C@@H]2CC[C@@]3(C)C(C2)C[C@H](OS(=O)(=O)O)C2C3CC[C@@]3(C)C2CC[C@@H]3[C@H](C)CCC(=O)O)OC2O[C@]3(C)CCC4[C@H](C)CCC1[C@@]24OO3. The third-order valence-electron chi connectivity index (χ3n) is 16.9. The highest BCUT2D eigenvalue weighted by molar-refractivity contribution is 7.80. The normalized spacial score (nSPS) is 54.0. The van der Waals surface area contributed by atoms with Gasteiger partial charge in [-0.05, 0) is 142 Å². The first-order valence-corrected chi connectivity index (χ1v) is 21.6. The topological polar surface area (TPSA) is 147 Å². The van der Waals surface area contributed by atoms with Crippen LogP contribution < -0.4 is 0 Å². The molecule has 12 heteroatoms. The molecule has 0 aromatic heterocycles. The lowest BCUT2D eigenvalue weighted by Gasteiger charge is -2.63. The Morgan fingerprint density at radius 3 is 2.33 bits per heavy atom. The highest BCUT2D eigenvalue weighted by Crippen LogP contribution is 2.69. The van der Waals surface area contributed by atoms with E-state index in [0.717, 1.165) is 70.6 Å². The molecular weight excluding hydrogens is 676 g/mol. The van der Waals surface area contributed by atoms with E-state index >= 15 is 0 Å². The molecule has 0 radical (unpaired) electrons. The minimum Gasteiger partial charge on any atom is -0.481 e. The number of aliphatic carboxylic acids is 1. The van der Waals surface area contributed by atoms with Crippen molar-refractivity contribution in [3.05, 3.63) is 0 Å². The summed E-state index contributed by atoms with van der Waals surface area (Å²) < 4.78 is 60.9. The Kier molecular flexibility index (Phi) is 9.34. The molecule has 8 unspecified atom stereocenters. The van der Waals surface area contributed by atoms with Crippen molar-refractivity contribution in [2.45, 2.75) is 168 Å². The number of carboxylic acid groups (broad SMARTS) is 1. The van der Waals surface area contributed by atoms with E-state index < -0.39 is 46.4 Å². The molecule has 4 heterocycles. The molecular formula is C39H62O11S. The summed E-state index contributed by atoms with van der Waals surface area (Å²) in [6.07, 6.45) is 10.3. The van der Waals surface area contributed by atoms with Gasteiger partial charge in [0.05, 0.1) is 12.2 Å². The molecule has 1 spiro atoms. The Bertz CT molecular complexity index is 1460. The van der Waals surface area contributed by atoms with Crippen molar-refractivity contribution < 1.29 is 51.0 Å². The Balaban J connectivity index is 1.01. The van der Waals surface area contributed by atoms with Gasteiger partial charge in [0.25, 0.3) is 0 Å². The summed E-state index contributed by atoms with van der Waals surface area (Å²) in [5, 5.41) is 9.36. The van der Waals surface area contributed by atoms with Gasteiger partial charge in [-0.1, -0.05) is 34.6 Å². The number of fused-ring (bicyclic) bond motifs is 7. The second-order valence-corrected chi connectivity index (χ2v) is 20.3. The molecule has 9 aliphatic rings. The van der Waals surface area contributed by atoms with Gasteiger partial charge in [-0.15, -0.1) is 0 Å². The fraction of sp³-hybridized carbons (Fsp3) is 0.974. The summed E-state index contributed by atoms with van der Waals surface area (Å²) in [6.45, 7) is 13.4. The zero-order valence-corrected chi connectivity index (χ0v) is 32.3. The van der Waals surface area contributed by atoms with Gasteiger partial charge in [-0.25, -0.2) is 14.0 Å². The molecule has 9 rings (SSSR count). The van der Waals surface area contributed by atoms with Crippen molar-refractivity contribution in [3.63, 3.8) is 0 Å². The molecule has 9 fully saturated rings. The van der Waals surface area contributed by atoms with E-state index in [-0.39, 0.29) is 64.8 Å². The summed E-state index contributed by atoms with van der Waals surface area (Å²) in [7, 11) is -4.66. The summed E-state index contributed by atoms with van der Waals surface area (Å²) in [6, 6.07) is 0. The van der Waals surface area contributed by atoms with Crippen molar-refractivity contribution in [1.29, 1.82) is 0 Å². The van der Waals surface area contributed by atoms with Gasteiger partial charge in [0.2, 0.25) is 5.79 Å². The van der Waals surface area contributed by atoms with Crippen LogP contribution >= 0.6 is 0 Å². The van der Waals surface area contributed by atoms with E-state index in [1.165, 1.54) is 0 Å². The first kappa shape index (κ1) is 37.1. The summed E-state index contributed by atoms with van der Waals surface area (Å²) in [5.41, 5.74) is -0.660. The van der Waals surface area contributed by atoms with Gasteiger partial charge in [-0.3, -0.25) is 9.35 Å². The van der Waals surface area contributed by atoms with Crippen molar-refractivity contribution >= 4 is 16.4 Å². The average molecular weight is 739 g/mol. The lowest BCUT2D eigenvalue weighted by molar-refractivity contribution is -0.578. The van der Waals surface area contributed by atoms with Crippen LogP contribution in [0.3, 0.4) is 0 Å². The lowest BCUT2D eigenvalue weighted by Crippen LogP contribution is -2.70. The van der Waals surface area contributed by atoms with Crippen LogP contribution in [0.15, 0.2) is 0 Å². The van der Waals surface area contributed by atoms with E-state index in [1.54, 1.807) is 0 Å². The second-order valence-electron chi connectivity index (χ2n) is 19.2. The van der Waals surface area contributed by atoms with E-state index in [9.17, 15) is 22.9 Å². The largest absolute Gasteiger partial charge is 0.481 e. The van der Waals surface area contributed by atoms with Crippen LogP contribution in [0.4, 0.5) is 0 Å². The van der Waals surface area contributed by atoms with Crippen molar-refractivity contribution in [1.82, 2.24) is 0 Å². The third kappa shape index (κ3) is 5.98. The average Bonchev–Trinajstić information content (AvgIpc) is 3.25. The summed E-state index contributed by atoms with van der Waals surface area (Å²) >= 11 is 0. The molecule has 51 heavy (non-hydrogen) atoms. The summed E-state index contributed by atoms with van der Waals surface area (Å²) in [5.74, 6) is 0.823. The predicted molar refractivity (Wildman–Crippen MR) is 185 cm³/mol. The first-order chi connectivity index (χ1) is 24.0. The maximum atomic E-state index is 12.4. The quantitative estimate of drug-likeness (QED) is 0.145. The predicted octanol–water partition coefficient (Wildman–Crippen LogP) is 7.54. The Morgan fingerprint density at radius 1 is 0.882 bits per heavy atom. The molecule has 2 bridgehead atoms. The van der Waals surface area contributed by atoms with Gasteiger partial charge in [0.1, 0.15) is 0 Å². The molecule has 0 amide bonds. The maximum absolute atomic E-state index is 12.4. The zero-order valence-electron chi connectivity index (χ0n) is 31.5. The highest BCUT2D eigenvalue weighted by atomic mass is 32.3. The van der Waals surface area contributed by atoms with Crippen molar-refractivity contribution in [2.75, 3.05) is 0 Å². The van der Waals surface area contributed by atoms with E-state index in [4.69, 9.17) is 28.2 Å². The number of carbonyl (C=O) groups is 1. The van der Waals surface area contributed by atoms with Gasteiger partial charge >= 0.3 is 16.4 Å². The minimum absolute atomic E-state index is 0.00289. The van der Waals surface area contributed by atoms with Crippen LogP contribution in [-0.2, 0) is 43.4 Å². The van der Waals surface area contributed by atoms with Crippen LogP contribution in [0.25, 0.3) is 0 Å². The first-order valence-electron chi connectivity index (χ1n) is 20.2. The van der Waals surface area contributed by atoms with Gasteiger partial charge in [-0.2, -0.15) is 8.42 Å². The molecule has 4 saturated heterocycles. The van der Waals surface area contributed by atoms with Crippen LogP contribution in [0.5, 0.6) is 0 Å². The van der Waals surface area contributed by atoms with Crippen LogP contribution in [0, 0.1) is 70.0 Å². The number of carboxylic acids is 1. The van der Waals surface area contributed by atoms with Crippen LogP contribution in [0.2, 0.25) is 0 Å². The number of ether oxygens (including phenoxy) is 3. The maximum Gasteiger partial charge on any atom is 0.397 e. The Hall–Kier alpha value is -0.860. The standard InChI is InChI=1S/C39H62O11S/c1-21(8-12-32(40)41)26-10-11-29-33-30(14-17-37(26,29)5)36(4)16-13-25(19-24(36)20-31(33)48-51(42,43)44)45-34-23(3)28-9-7-22(2)27-15-18-38(6)47-35(46-34)39(27,28)50-49-38/h21-31,33-35H,7-20H2,1-6H3,(H,40,41)(H,42,43,44)/t21-,22-,23-,24?,25-,26-,27?,28?,29?,30?,31+,33?,34?,35?,36+,37-,38+,39-/m1/s1. The Labute approximate surface area is 304 Å². The Morgan fingerprint density at radius 2 is 1.59 bits per heavy atom. The lowest BCUT2D eigenvalue weighted by atomic mass is 9.43. The summed E-state index contributed by atoms with van der Waals surface area (Å²) in [4.78, 5) is 23.7. The molecule has 0 aromatic rings. The zero-order chi connectivity index (χ0) is 36.3. The van der Waals surface area contributed by atoms with Gasteiger partial charge in [0, 0.05) is 24.7 Å². The number of hydrogen-bond donors (Lipinski definition) is 2. The van der Waals surface area contributed by atoms with E-state index in [0.29, 0.717) is 30.6 Å². The molecule has 0 aromatic carbocycles.